The van der Waals surface area contributed by atoms with E-state index in [-0.39, 0.29) is 10.8 Å². The van der Waals surface area contributed by atoms with E-state index in [1.807, 2.05) is 12.1 Å². The summed E-state index contributed by atoms with van der Waals surface area (Å²) in [6.45, 7) is 9.84. The van der Waals surface area contributed by atoms with Gasteiger partial charge in [-0.05, 0) is 49.3 Å². The Bertz CT molecular complexity index is 412. The van der Waals surface area contributed by atoms with Crippen LogP contribution in [-0.2, 0) is 6.42 Å². The molecular weight excluding hydrogens is 273 g/mol. The molecule has 0 radical (unpaired) electrons. The van der Waals surface area contributed by atoms with Gasteiger partial charge in [0.2, 0.25) is 0 Å². The lowest BCUT2D eigenvalue weighted by Crippen LogP contribution is -2.33. The molecule has 0 bridgehead atoms. The average molecular weight is 300 g/mol. The summed E-state index contributed by atoms with van der Waals surface area (Å²) < 4.78 is 14.0. The van der Waals surface area contributed by atoms with E-state index < -0.39 is 0 Å². The van der Waals surface area contributed by atoms with Crippen LogP contribution in [0.15, 0.2) is 18.2 Å². The van der Waals surface area contributed by atoms with Crippen LogP contribution in [0.3, 0.4) is 0 Å². The maximum absolute atomic E-state index is 14.0. The fourth-order valence-corrected chi connectivity index (χ4v) is 2.40. The zero-order chi connectivity index (χ0) is 15.2. The molecule has 114 valence electrons. The summed E-state index contributed by atoms with van der Waals surface area (Å²) in [5, 5.41) is 3.74. The van der Waals surface area contributed by atoms with Gasteiger partial charge in [-0.1, -0.05) is 51.4 Å². The topological polar surface area (TPSA) is 12.0 Å². The largest absolute Gasteiger partial charge is 0.314 e. The highest BCUT2D eigenvalue weighted by molar-refractivity contribution is 6.30. The Morgan fingerprint density at radius 3 is 2.60 bits per heavy atom. The molecule has 0 saturated heterocycles. The number of hydrogen-bond acceptors (Lipinski definition) is 1. The van der Waals surface area contributed by atoms with Crippen LogP contribution in [0.4, 0.5) is 4.39 Å². The van der Waals surface area contributed by atoms with Gasteiger partial charge in [0.05, 0.1) is 5.02 Å². The predicted molar refractivity (Wildman–Crippen MR) is 85.9 cm³/mol. The van der Waals surface area contributed by atoms with Gasteiger partial charge in [-0.2, -0.15) is 0 Å². The normalized spacial score (nSPS) is 13.5. The fraction of sp³-hybridized carbons (Fsp3) is 0.647. The standard InChI is InChI=1S/C17H27ClFN/c1-5-11-20-14(9-10-17(2,3)4)12-13-7-6-8-15(18)16(13)19/h6-8,14,20H,5,9-12H2,1-4H3. The van der Waals surface area contributed by atoms with Crippen molar-refractivity contribution >= 4 is 11.6 Å². The molecule has 1 aromatic carbocycles. The molecule has 0 aliphatic rings. The zero-order valence-corrected chi connectivity index (χ0v) is 13.9. The lowest BCUT2D eigenvalue weighted by molar-refractivity contribution is 0.327. The van der Waals surface area contributed by atoms with E-state index in [1.165, 1.54) is 0 Å². The van der Waals surface area contributed by atoms with E-state index in [0.717, 1.165) is 25.8 Å². The highest BCUT2D eigenvalue weighted by Crippen LogP contribution is 2.24. The summed E-state index contributed by atoms with van der Waals surface area (Å²) in [5.74, 6) is -0.270. The first-order valence-electron chi connectivity index (χ1n) is 7.49. The van der Waals surface area contributed by atoms with Crippen molar-refractivity contribution in [1.29, 1.82) is 0 Å². The zero-order valence-electron chi connectivity index (χ0n) is 13.1. The van der Waals surface area contributed by atoms with Crippen LogP contribution in [-0.4, -0.2) is 12.6 Å². The first-order valence-corrected chi connectivity index (χ1v) is 7.87. The molecule has 1 rings (SSSR count). The minimum atomic E-state index is -0.270. The van der Waals surface area contributed by atoms with E-state index in [4.69, 9.17) is 11.6 Å². The van der Waals surface area contributed by atoms with Crippen molar-refractivity contribution in [1.82, 2.24) is 5.32 Å². The Labute approximate surface area is 127 Å². The minimum absolute atomic E-state index is 0.215. The van der Waals surface area contributed by atoms with E-state index in [0.29, 0.717) is 23.4 Å². The molecule has 1 N–H and O–H groups in total. The minimum Gasteiger partial charge on any atom is -0.314 e. The van der Waals surface area contributed by atoms with Crippen molar-refractivity contribution in [2.24, 2.45) is 5.41 Å². The van der Waals surface area contributed by atoms with E-state index in [1.54, 1.807) is 6.07 Å². The lowest BCUT2D eigenvalue weighted by Gasteiger charge is -2.24. The van der Waals surface area contributed by atoms with Crippen molar-refractivity contribution in [3.05, 3.63) is 34.6 Å². The van der Waals surface area contributed by atoms with Crippen molar-refractivity contribution in [3.8, 4) is 0 Å². The molecule has 1 unspecified atom stereocenters. The van der Waals surface area contributed by atoms with Crippen molar-refractivity contribution < 1.29 is 4.39 Å². The van der Waals surface area contributed by atoms with Gasteiger partial charge in [-0.15, -0.1) is 0 Å². The summed E-state index contributed by atoms with van der Waals surface area (Å²) in [4.78, 5) is 0. The van der Waals surface area contributed by atoms with Crippen molar-refractivity contribution in [2.45, 2.75) is 59.4 Å². The smallest absolute Gasteiger partial charge is 0.145 e. The number of rotatable bonds is 7. The van der Waals surface area contributed by atoms with Gasteiger partial charge in [0.15, 0.2) is 0 Å². The summed E-state index contributed by atoms with van der Waals surface area (Å²) in [5.41, 5.74) is 1.01. The van der Waals surface area contributed by atoms with Gasteiger partial charge in [0.25, 0.3) is 0 Å². The fourth-order valence-electron chi connectivity index (χ4n) is 2.20. The Morgan fingerprint density at radius 2 is 2.00 bits per heavy atom. The Kier molecular flexibility index (Phi) is 6.97. The van der Waals surface area contributed by atoms with Crippen molar-refractivity contribution in [2.75, 3.05) is 6.54 Å². The first kappa shape index (κ1) is 17.5. The molecule has 0 spiro atoms. The van der Waals surface area contributed by atoms with Crippen LogP contribution >= 0.6 is 11.6 Å². The molecule has 0 aliphatic carbocycles. The molecular formula is C17H27ClFN. The maximum Gasteiger partial charge on any atom is 0.145 e. The number of benzene rings is 1. The summed E-state index contributed by atoms with van der Waals surface area (Å²) >= 11 is 5.86. The van der Waals surface area contributed by atoms with Gasteiger partial charge in [0.1, 0.15) is 5.82 Å². The second-order valence-electron chi connectivity index (χ2n) is 6.67. The molecule has 3 heteroatoms. The second kappa shape index (κ2) is 7.99. The second-order valence-corrected chi connectivity index (χ2v) is 7.07. The molecule has 20 heavy (non-hydrogen) atoms. The van der Waals surface area contributed by atoms with Gasteiger partial charge in [0, 0.05) is 6.04 Å². The van der Waals surface area contributed by atoms with Gasteiger partial charge >= 0.3 is 0 Å². The summed E-state index contributed by atoms with van der Waals surface area (Å²) in [7, 11) is 0. The van der Waals surface area contributed by atoms with E-state index >= 15 is 0 Å². The van der Waals surface area contributed by atoms with Gasteiger partial charge < -0.3 is 5.32 Å². The average Bonchev–Trinajstić information content (AvgIpc) is 2.37. The van der Waals surface area contributed by atoms with E-state index in [2.05, 4.69) is 33.0 Å². The van der Waals surface area contributed by atoms with Crippen LogP contribution in [0, 0.1) is 11.2 Å². The van der Waals surface area contributed by atoms with Gasteiger partial charge in [-0.3, -0.25) is 0 Å². The lowest BCUT2D eigenvalue weighted by atomic mass is 9.87. The van der Waals surface area contributed by atoms with E-state index in [9.17, 15) is 4.39 Å². The molecule has 0 fully saturated rings. The Balaban J connectivity index is 2.70. The third kappa shape index (κ3) is 6.23. The molecule has 1 nitrogen and oxygen atoms in total. The SMILES string of the molecule is CCCNC(CCC(C)(C)C)Cc1cccc(Cl)c1F. The Morgan fingerprint density at radius 1 is 1.30 bits per heavy atom. The molecule has 0 saturated carbocycles. The maximum atomic E-state index is 14.0. The third-order valence-corrected chi connectivity index (χ3v) is 3.72. The molecule has 0 aromatic heterocycles. The molecule has 0 heterocycles. The monoisotopic (exact) mass is 299 g/mol. The molecule has 0 aliphatic heterocycles. The van der Waals surface area contributed by atoms with Crippen LogP contribution in [0.5, 0.6) is 0 Å². The van der Waals surface area contributed by atoms with Crippen LogP contribution in [0.1, 0.15) is 52.5 Å². The third-order valence-electron chi connectivity index (χ3n) is 3.42. The number of halogens is 2. The highest BCUT2D eigenvalue weighted by Gasteiger charge is 2.17. The number of hydrogen-bond donors (Lipinski definition) is 1. The molecule has 0 amide bonds. The molecule has 1 atom stereocenters. The van der Waals surface area contributed by atoms with Crippen molar-refractivity contribution in [3.63, 3.8) is 0 Å². The summed E-state index contributed by atoms with van der Waals surface area (Å²) in [6, 6.07) is 5.56. The van der Waals surface area contributed by atoms with Crippen LogP contribution in [0.25, 0.3) is 0 Å². The first-order chi connectivity index (χ1) is 9.33. The molecule has 1 aromatic rings. The van der Waals surface area contributed by atoms with Crippen LogP contribution < -0.4 is 5.32 Å². The number of nitrogens with one attached hydrogen (secondary N) is 1. The Hall–Kier alpha value is -0.600. The van der Waals surface area contributed by atoms with Gasteiger partial charge in [-0.25, -0.2) is 4.39 Å². The van der Waals surface area contributed by atoms with Crippen LogP contribution in [0.2, 0.25) is 5.02 Å². The highest BCUT2D eigenvalue weighted by atomic mass is 35.5. The summed E-state index contributed by atoms with van der Waals surface area (Å²) in [6.07, 6.45) is 3.96. The quantitative estimate of drug-likeness (QED) is 0.728. The predicted octanol–water partition coefficient (Wildman–Crippen LogP) is 5.22.